The minimum Gasteiger partial charge on any atom is -0.193 e. The molecule has 0 N–H and O–H groups in total. The zero-order chi connectivity index (χ0) is 13.2. The van der Waals surface area contributed by atoms with Gasteiger partial charge >= 0.3 is 0 Å². The second kappa shape index (κ2) is 4.82. The molecule has 94 valence electrons. The molecule has 0 spiro atoms. The van der Waals surface area contributed by atoms with E-state index in [4.69, 9.17) is 11.6 Å². The number of halogens is 1. The van der Waals surface area contributed by atoms with Crippen LogP contribution in [0.1, 0.15) is 5.56 Å². The Morgan fingerprint density at radius 2 is 1.89 bits per heavy atom. The highest BCUT2D eigenvalue weighted by Gasteiger charge is 2.10. The van der Waals surface area contributed by atoms with Gasteiger partial charge < -0.3 is 0 Å². The Bertz CT molecular complexity index is 661. The van der Waals surface area contributed by atoms with Gasteiger partial charge in [0.15, 0.2) is 5.82 Å². The van der Waals surface area contributed by atoms with Gasteiger partial charge in [-0.05, 0) is 47.2 Å². The van der Waals surface area contributed by atoms with E-state index >= 15 is 0 Å². The first kappa shape index (κ1) is 11.9. The van der Waals surface area contributed by atoms with Crippen LogP contribution in [0.2, 0.25) is 5.02 Å². The molecular formula is C14H11ClN4. The lowest BCUT2D eigenvalue weighted by atomic mass is 10.2. The summed E-state index contributed by atoms with van der Waals surface area (Å²) in [5.74, 6) is 0.674. The fraction of sp³-hybridized carbons (Fsp3) is 0.0714. The van der Waals surface area contributed by atoms with Crippen molar-refractivity contribution in [1.29, 1.82) is 0 Å². The maximum absolute atomic E-state index is 6.01. The smallest absolute Gasteiger partial charge is 0.187 e. The Kier molecular flexibility index (Phi) is 3.01. The summed E-state index contributed by atoms with van der Waals surface area (Å²) in [5.41, 5.74) is 2.98. The van der Waals surface area contributed by atoms with Crippen LogP contribution in [0.4, 0.5) is 0 Å². The molecule has 3 rings (SSSR count). The Balaban J connectivity index is 2.13. The van der Waals surface area contributed by atoms with E-state index in [1.807, 2.05) is 55.5 Å². The monoisotopic (exact) mass is 270 g/mol. The molecule has 0 aliphatic rings. The van der Waals surface area contributed by atoms with Gasteiger partial charge in [-0.25, -0.2) is 0 Å². The number of tetrazole rings is 1. The molecule has 0 unspecified atom stereocenters. The third-order valence-corrected chi connectivity index (χ3v) is 3.03. The zero-order valence-electron chi connectivity index (χ0n) is 10.3. The fourth-order valence-electron chi connectivity index (χ4n) is 1.93. The summed E-state index contributed by atoms with van der Waals surface area (Å²) < 4.78 is 1.71. The van der Waals surface area contributed by atoms with Crippen molar-refractivity contribution in [1.82, 2.24) is 20.2 Å². The van der Waals surface area contributed by atoms with Gasteiger partial charge in [-0.15, -0.1) is 5.10 Å². The van der Waals surface area contributed by atoms with Crippen LogP contribution in [0.25, 0.3) is 17.1 Å². The van der Waals surface area contributed by atoms with E-state index in [0.717, 1.165) is 16.8 Å². The minimum absolute atomic E-state index is 0.663. The van der Waals surface area contributed by atoms with E-state index in [1.54, 1.807) is 4.68 Å². The molecule has 0 fully saturated rings. The average Bonchev–Trinajstić information content (AvgIpc) is 2.88. The Morgan fingerprint density at radius 1 is 1.05 bits per heavy atom. The van der Waals surface area contributed by atoms with E-state index < -0.39 is 0 Å². The van der Waals surface area contributed by atoms with E-state index in [1.165, 1.54) is 0 Å². The van der Waals surface area contributed by atoms with Gasteiger partial charge in [0.1, 0.15) is 0 Å². The van der Waals surface area contributed by atoms with E-state index in [9.17, 15) is 0 Å². The lowest BCUT2D eigenvalue weighted by Gasteiger charge is -2.05. The largest absolute Gasteiger partial charge is 0.193 e. The van der Waals surface area contributed by atoms with Crippen molar-refractivity contribution < 1.29 is 0 Å². The fourth-order valence-corrected chi connectivity index (χ4v) is 2.12. The number of hydrogen-bond acceptors (Lipinski definition) is 3. The molecule has 0 atom stereocenters. The van der Waals surface area contributed by atoms with Crippen LogP contribution in [0, 0.1) is 6.92 Å². The standard InChI is InChI=1S/C14H11ClN4/c1-10-4-2-7-13(8-10)19-14(16-17-18-19)11-5-3-6-12(15)9-11/h2-9H,1H3. The van der Waals surface area contributed by atoms with E-state index in [0.29, 0.717) is 10.8 Å². The maximum Gasteiger partial charge on any atom is 0.187 e. The molecule has 0 saturated heterocycles. The first-order valence-electron chi connectivity index (χ1n) is 5.85. The van der Waals surface area contributed by atoms with Gasteiger partial charge in [0.2, 0.25) is 0 Å². The molecule has 4 nitrogen and oxygen atoms in total. The molecule has 19 heavy (non-hydrogen) atoms. The van der Waals surface area contributed by atoms with Crippen LogP contribution in [-0.4, -0.2) is 20.2 Å². The van der Waals surface area contributed by atoms with Crippen molar-refractivity contribution in [3.05, 3.63) is 59.1 Å². The van der Waals surface area contributed by atoms with Gasteiger partial charge in [-0.1, -0.05) is 35.9 Å². The highest BCUT2D eigenvalue weighted by molar-refractivity contribution is 6.30. The second-order valence-electron chi connectivity index (χ2n) is 4.26. The van der Waals surface area contributed by atoms with Crippen molar-refractivity contribution in [3.63, 3.8) is 0 Å². The minimum atomic E-state index is 0.663. The number of nitrogens with zero attached hydrogens (tertiary/aromatic N) is 4. The lowest BCUT2D eigenvalue weighted by Crippen LogP contribution is -2.00. The van der Waals surface area contributed by atoms with Crippen LogP contribution < -0.4 is 0 Å². The van der Waals surface area contributed by atoms with E-state index in [2.05, 4.69) is 15.5 Å². The summed E-state index contributed by atoms with van der Waals surface area (Å²) in [6.45, 7) is 2.03. The summed E-state index contributed by atoms with van der Waals surface area (Å²) in [4.78, 5) is 0. The first-order chi connectivity index (χ1) is 9.24. The van der Waals surface area contributed by atoms with Gasteiger partial charge in [0.25, 0.3) is 0 Å². The number of aromatic nitrogens is 4. The Morgan fingerprint density at radius 3 is 2.68 bits per heavy atom. The third kappa shape index (κ3) is 2.35. The SMILES string of the molecule is Cc1cccc(-n2nnnc2-c2cccc(Cl)c2)c1. The number of benzene rings is 2. The molecule has 1 aromatic heterocycles. The molecule has 0 aliphatic heterocycles. The maximum atomic E-state index is 6.01. The first-order valence-corrected chi connectivity index (χ1v) is 6.23. The van der Waals surface area contributed by atoms with Crippen molar-refractivity contribution >= 4 is 11.6 Å². The molecule has 1 heterocycles. The molecule has 0 saturated carbocycles. The predicted molar refractivity (Wildman–Crippen MR) is 74.3 cm³/mol. The lowest BCUT2D eigenvalue weighted by molar-refractivity contribution is 0.790. The predicted octanol–water partition coefficient (Wildman–Crippen LogP) is 3.29. The number of aryl methyl sites for hydroxylation is 1. The summed E-state index contributed by atoms with van der Waals surface area (Å²) in [6, 6.07) is 15.5. The van der Waals surface area contributed by atoms with Crippen LogP contribution >= 0.6 is 11.6 Å². The molecule has 0 radical (unpaired) electrons. The van der Waals surface area contributed by atoms with Crippen molar-refractivity contribution in [2.75, 3.05) is 0 Å². The van der Waals surface area contributed by atoms with Gasteiger partial charge in [-0.3, -0.25) is 0 Å². The topological polar surface area (TPSA) is 43.6 Å². The molecule has 0 aliphatic carbocycles. The molecule has 3 aromatic rings. The Hall–Kier alpha value is -2.20. The average molecular weight is 271 g/mol. The van der Waals surface area contributed by atoms with Gasteiger partial charge in [0.05, 0.1) is 5.69 Å². The molecule has 5 heteroatoms. The number of rotatable bonds is 2. The summed E-state index contributed by atoms with van der Waals surface area (Å²) in [6.07, 6.45) is 0. The molecule has 0 bridgehead atoms. The van der Waals surface area contributed by atoms with E-state index in [-0.39, 0.29) is 0 Å². The zero-order valence-corrected chi connectivity index (χ0v) is 11.0. The van der Waals surface area contributed by atoms with Crippen LogP contribution in [0.5, 0.6) is 0 Å². The van der Waals surface area contributed by atoms with Crippen LogP contribution in [0.3, 0.4) is 0 Å². The molecular weight excluding hydrogens is 260 g/mol. The molecule has 2 aromatic carbocycles. The Labute approximate surface area is 115 Å². The van der Waals surface area contributed by atoms with Crippen LogP contribution in [-0.2, 0) is 0 Å². The van der Waals surface area contributed by atoms with Crippen LogP contribution in [0.15, 0.2) is 48.5 Å². The summed E-state index contributed by atoms with van der Waals surface area (Å²) in [5, 5.41) is 12.5. The summed E-state index contributed by atoms with van der Waals surface area (Å²) >= 11 is 6.01. The van der Waals surface area contributed by atoms with Gasteiger partial charge in [-0.2, -0.15) is 4.68 Å². The number of hydrogen-bond donors (Lipinski definition) is 0. The van der Waals surface area contributed by atoms with Crippen molar-refractivity contribution in [2.24, 2.45) is 0 Å². The highest BCUT2D eigenvalue weighted by Crippen LogP contribution is 2.22. The molecule has 0 amide bonds. The summed E-state index contributed by atoms with van der Waals surface area (Å²) in [7, 11) is 0. The second-order valence-corrected chi connectivity index (χ2v) is 4.70. The highest BCUT2D eigenvalue weighted by atomic mass is 35.5. The van der Waals surface area contributed by atoms with Crippen molar-refractivity contribution in [3.8, 4) is 17.1 Å². The normalized spacial score (nSPS) is 10.6. The quantitative estimate of drug-likeness (QED) is 0.718. The van der Waals surface area contributed by atoms with Crippen molar-refractivity contribution in [2.45, 2.75) is 6.92 Å². The third-order valence-electron chi connectivity index (χ3n) is 2.80. The van der Waals surface area contributed by atoms with Gasteiger partial charge in [0, 0.05) is 10.6 Å².